The lowest BCUT2D eigenvalue weighted by Crippen LogP contribution is -2.25. The first-order chi connectivity index (χ1) is 7.95. The fourth-order valence-electron chi connectivity index (χ4n) is 1.45. The number of carbonyl (C=O) groups excluding carboxylic acids is 1. The summed E-state index contributed by atoms with van der Waals surface area (Å²) in [5, 5.41) is 11.7. The highest BCUT2D eigenvalue weighted by atomic mass is 79.9. The van der Waals surface area contributed by atoms with Gasteiger partial charge in [0.25, 0.3) is 0 Å². The molecule has 90 valence electrons. The number of nitrogens with one attached hydrogen (secondary N) is 1. The van der Waals surface area contributed by atoms with Crippen molar-refractivity contribution in [1.29, 1.82) is 5.26 Å². The van der Waals surface area contributed by atoms with Gasteiger partial charge in [0.05, 0.1) is 6.07 Å². The molecule has 1 N–H and O–H groups in total. The van der Waals surface area contributed by atoms with Crippen molar-refractivity contribution in [2.45, 2.75) is 20.8 Å². The van der Waals surface area contributed by atoms with E-state index in [1.54, 1.807) is 0 Å². The van der Waals surface area contributed by atoms with Crippen molar-refractivity contribution in [3.63, 3.8) is 0 Å². The molecule has 0 saturated carbocycles. The van der Waals surface area contributed by atoms with Crippen molar-refractivity contribution in [2.24, 2.45) is 11.8 Å². The third kappa shape index (κ3) is 3.57. The highest BCUT2D eigenvalue weighted by Gasteiger charge is 2.22. The molecule has 1 aromatic carbocycles. The normalized spacial score (nSPS) is 12.0. The molecule has 1 atom stereocenters. The number of rotatable bonds is 3. The molecule has 1 unspecified atom stereocenters. The van der Waals surface area contributed by atoms with Crippen LogP contribution in [0.25, 0.3) is 0 Å². The van der Waals surface area contributed by atoms with Gasteiger partial charge in [0, 0.05) is 10.2 Å². The highest BCUT2D eigenvalue weighted by molar-refractivity contribution is 9.10. The lowest BCUT2D eigenvalue weighted by molar-refractivity contribution is -0.119. The van der Waals surface area contributed by atoms with Crippen molar-refractivity contribution >= 4 is 27.5 Å². The van der Waals surface area contributed by atoms with Crippen LogP contribution >= 0.6 is 15.9 Å². The van der Waals surface area contributed by atoms with E-state index in [1.165, 1.54) is 0 Å². The maximum atomic E-state index is 11.9. The predicted octanol–water partition coefficient (Wildman–Crippen LogP) is 3.49. The van der Waals surface area contributed by atoms with Crippen LogP contribution in [0.2, 0.25) is 0 Å². The van der Waals surface area contributed by atoms with Crippen LogP contribution in [0.4, 0.5) is 5.69 Å². The maximum Gasteiger partial charge on any atom is 0.241 e. The lowest BCUT2D eigenvalue weighted by atomic mass is 9.96. The van der Waals surface area contributed by atoms with Gasteiger partial charge in [-0.15, -0.1) is 0 Å². The number of carbonyl (C=O) groups is 1. The zero-order valence-corrected chi connectivity index (χ0v) is 11.7. The Balaban J connectivity index is 2.88. The van der Waals surface area contributed by atoms with E-state index in [2.05, 4.69) is 21.2 Å². The van der Waals surface area contributed by atoms with Crippen LogP contribution < -0.4 is 5.32 Å². The number of hydrogen-bond donors (Lipinski definition) is 1. The highest BCUT2D eigenvalue weighted by Crippen LogP contribution is 2.22. The number of anilines is 1. The zero-order valence-electron chi connectivity index (χ0n) is 10.1. The molecule has 0 saturated heterocycles. The Labute approximate surface area is 110 Å². The molecule has 0 spiro atoms. The minimum Gasteiger partial charge on any atom is -0.325 e. The summed E-state index contributed by atoms with van der Waals surface area (Å²) in [5.74, 6) is -0.857. The minimum absolute atomic E-state index is 0.00691. The van der Waals surface area contributed by atoms with Crippen molar-refractivity contribution in [1.82, 2.24) is 0 Å². The van der Waals surface area contributed by atoms with Gasteiger partial charge in [0.2, 0.25) is 5.91 Å². The average Bonchev–Trinajstić information content (AvgIpc) is 2.24. The molecule has 0 aliphatic rings. The first-order valence-electron chi connectivity index (χ1n) is 5.42. The number of halogens is 1. The van der Waals surface area contributed by atoms with E-state index in [4.69, 9.17) is 5.26 Å². The van der Waals surface area contributed by atoms with E-state index in [0.29, 0.717) is 0 Å². The fraction of sp³-hybridized carbons (Fsp3) is 0.385. The van der Waals surface area contributed by atoms with Gasteiger partial charge in [-0.25, -0.2) is 0 Å². The standard InChI is InChI=1S/C13H15BrN2O/c1-8(2)11(7-15)13(17)16-12-6-10(14)5-4-9(12)3/h4-6,8,11H,1-3H3,(H,16,17). The van der Waals surface area contributed by atoms with Crippen LogP contribution in [0, 0.1) is 30.1 Å². The quantitative estimate of drug-likeness (QED) is 0.928. The van der Waals surface area contributed by atoms with Crippen LogP contribution in [0.15, 0.2) is 22.7 Å². The van der Waals surface area contributed by atoms with Crippen molar-refractivity contribution in [3.8, 4) is 6.07 Å². The summed E-state index contributed by atoms with van der Waals surface area (Å²) >= 11 is 3.35. The average molecular weight is 295 g/mol. The Hall–Kier alpha value is -1.34. The molecule has 1 aromatic rings. The zero-order chi connectivity index (χ0) is 13.0. The van der Waals surface area contributed by atoms with Gasteiger partial charge in [0.1, 0.15) is 5.92 Å². The van der Waals surface area contributed by atoms with Crippen molar-refractivity contribution in [3.05, 3.63) is 28.2 Å². The van der Waals surface area contributed by atoms with Gasteiger partial charge >= 0.3 is 0 Å². The summed E-state index contributed by atoms with van der Waals surface area (Å²) in [5.41, 5.74) is 1.72. The molecule has 0 aliphatic carbocycles. The molecule has 17 heavy (non-hydrogen) atoms. The Kier molecular flexibility index (Phi) is 4.71. The molecule has 0 radical (unpaired) electrons. The van der Waals surface area contributed by atoms with Crippen LogP contribution in [-0.4, -0.2) is 5.91 Å². The molecule has 0 aliphatic heterocycles. The van der Waals surface area contributed by atoms with Crippen LogP contribution in [0.5, 0.6) is 0 Å². The molecule has 3 nitrogen and oxygen atoms in total. The van der Waals surface area contributed by atoms with Gasteiger partial charge in [-0.05, 0) is 30.5 Å². The van der Waals surface area contributed by atoms with E-state index in [0.717, 1.165) is 15.7 Å². The smallest absolute Gasteiger partial charge is 0.241 e. The summed E-state index contributed by atoms with van der Waals surface area (Å²) in [4.78, 5) is 11.9. The number of aryl methyl sites for hydroxylation is 1. The predicted molar refractivity (Wildman–Crippen MR) is 71.4 cm³/mol. The molecular weight excluding hydrogens is 280 g/mol. The van der Waals surface area contributed by atoms with Gasteiger partial charge in [-0.1, -0.05) is 35.8 Å². The molecule has 0 heterocycles. The van der Waals surface area contributed by atoms with Crippen LogP contribution in [0.1, 0.15) is 19.4 Å². The molecule has 1 amide bonds. The minimum atomic E-state index is -0.617. The Morgan fingerprint density at radius 2 is 2.12 bits per heavy atom. The van der Waals surface area contributed by atoms with Gasteiger partial charge in [-0.2, -0.15) is 5.26 Å². The third-order valence-corrected chi connectivity index (χ3v) is 3.04. The monoisotopic (exact) mass is 294 g/mol. The summed E-state index contributed by atoms with van der Waals surface area (Å²) in [7, 11) is 0. The fourth-order valence-corrected chi connectivity index (χ4v) is 1.81. The third-order valence-electron chi connectivity index (χ3n) is 2.55. The van der Waals surface area contributed by atoms with Crippen molar-refractivity contribution in [2.75, 3.05) is 5.32 Å². The maximum absolute atomic E-state index is 11.9. The van der Waals surface area contributed by atoms with Gasteiger partial charge in [0.15, 0.2) is 0 Å². The largest absolute Gasteiger partial charge is 0.325 e. The van der Waals surface area contributed by atoms with Crippen LogP contribution in [0.3, 0.4) is 0 Å². The van der Waals surface area contributed by atoms with E-state index in [-0.39, 0.29) is 11.8 Å². The van der Waals surface area contributed by atoms with E-state index in [9.17, 15) is 4.79 Å². The SMILES string of the molecule is Cc1ccc(Br)cc1NC(=O)C(C#N)C(C)C. The van der Waals surface area contributed by atoms with E-state index >= 15 is 0 Å². The Bertz CT molecular complexity index is 463. The van der Waals surface area contributed by atoms with Gasteiger partial charge in [-0.3, -0.25) is 4.79 Å². The summed E-state index contributed by atoms with van der Waals surface area (Å²) in [6.07, 6.45) is 0. The number of amides is 1. The number of hydrogen-bond acceptors (Lipinski definition) is 2. The Morgan fingerprint density at radius 3 is 2.65 bits per heavy atom. The van der Waals surface area contributed by atoms with Gasteiger partial charge < -0.3 is 5.32 Å². The molecular formula is C13H15BrN2O. The first-order valence-corrected chi connectivity index (χ1v) is 6.21. The second-order valence-corrected chi connectivity index (χ2v) is 5.21. The summed E-state index contributed by atoms with van der Waals surface area (Å²) < 4.78 is 0.899. The second-order valence-electron chi connectivity index (χ2n) is 4.30. The van der Waals surface area contributed by atoms with E-state index < -0.39 is 5.92 Å². The number of nitrogens with zero attached hydrogens (tertiary/aromatic N) is 1. The summed E-state index contributed by atoms with van der Waals surface area (Å²) in [6.45, 7) is 5.64. The van der Waals surface area contributed by atoms with Crippen molar-refractivity contribution < 1.29 is 4.79 Å². The number of benzene rings is 1. The molecule has 4 heteroatoms. The summed E-state index contributed by atoms with van der Waals surface area (Å²) in [6, 6.07) is 7.69. The molecule has 0 bridgehead atoms. The lowest BCUT2D eigenvalue weighted by Gasteiger charge is -2.14. The molecule has 0 fully saturated rings. The Morgan fingerprint density at radius 1 is 1.47 bits per heavy atom. The topological polar surface area (TPSA) is 52.9 Å². The molecule has 1 rings (SSSR count). The number of nitriles is 1. The molecule has 0 aromatic heterocycles. The first kappa shape index (κ1) is 13.7. The van der Waals surface area contributed by atoms with Crippen LogP contribution in [-0.2, 0) is 4.79 Å². The van der Waals surface area contributed by atoms with E-state index in [1.807, 2.05) is 45.0 Å². The second kappa shape index (κ2) is 5.83.